The number of sulfonamides is 1. The molecule has 1 atom stereocenters. The number of carbonyl (C=O) groups excluding carboxylic acids is 1. The number of methoxy groups -OCH3 is 1. The lowest BCUT2D eigenvalue weighted by Gasteiger charge is -2.27. The summed E-state index contributed by atoms with van der Waals surface area (Å²) in [7, 11) is -1.99. The van der Waals surface area contributed by atoms with E-state index < -0.39 is 10.0 Å². The van der Waals surface area contributed by atoms with Gasteiger partial charge in [0.05, 0.1) is 31.3 Å². The molecule has 0 radical (unpaired) electrons. The number of rotatable bonds is 8. The lowest BCUT2D eigenvalue weighted by Crippen LogP contribution is -2.40. The number of ether oxygens (including phenoxy) is 3. The summed E-state index contributed by atoms with van der Waals surface area (Å²) in [4.78, 5) is 15.4. The number of amides is 1. The maximum Gasteiger partial charge on any atom is 0.254 e. The lowest BCUT2D eigenvalue weighted by atomic mass is 10.1. The van der Waals surface area contributed by atoms with Gasteiger partial charge in [-0.2, -0.15) is 4.31 Å². The Labute approximate surface area is 195 Å². The average Bonchev–Trinajstić information content (AvgIpc) is 3.37. The van der Waals surface area contributed by atoms with E-state index in [1.165, 1.54) is 16.4 Å². The van der Waals surface area contributed by atoms with Crippen molar-refractivity contribution in [1.29, 1.82) is 0 Å². The molecule has 2 heterocycles. The minimum Gasteiger partial charge on any atom is -0.497 e. The van der Waals surface area contributed by atoms with Crippen LogP contribution in [0.15, 0.2) is 53.4 Å². The predicted octanol–water partition coefficient (Wildman–Crippen LogP) is 2.54. The van der Waals surface area contributed by atoms with Gasteiger partial charge in [-0.1, -0.05) is 12.1 Å². The zero-order chi connectivity index (χ0) is 23.3. The fraction of sp³-hybridized carbons (Fsp3) is 0.458. The highest BCUT2D eigenvalue weighted by Crippen LogP contribution is 2.22. The maximum absolute atomic E-state index is 13.4. The van der Waals surface area contributed by atoms with E-state index in [1.807, 2.05) is 24.3 Å². The normalized spacial score (nSPS) is 19.4. The summed E-state index contributed by atoms with van der Waals surface area (Å²) >= 11 is 0. The number of morpholine rings is 1. The Morgan fingerprint density at radius 3 is 2.55 bits per heavy atom. The van der Waals surface area contributed by atoms with Crippen molar-refractivity contribution in [3.05, 3.63) is 59.7 Å². The summed E-state index contributed by atoms with van der Waals surface area (Å²) in [6.07, 6.45) is 1.90. The first-order chi connectivity index (χ1) is 16.0. The van der Waals surface area contributed by atoms with Crippen molar-refractivity contribution < 1.29 is 27.4 Å². The Bertz CT molecular complexity index is 1040. The summed E-state index contributed by atoms with van der Waals surface area (Å²) < 4.78 is 43.5. The van der Waals surface area contributed by atoms with E-state index in [2.05, 4.69) is 0 Å². The van der Waals surface area contributed by atoms with E-state index in [1.54, 1.807) is 24.1 Å². The number of hydrogen-bond donors (Lipinski definition) is 0. The molecule has 0 aromatic heterocycles. The van der Waals surface area contributed by atoms with Crippen LogP contribution >= 0.6 is 0 Å². The molecule has 33 heavy (non-hydrogen) atoms. The quantitative estimate of drug-likeness (QED) is 0.585. The van der Waals surface area contributed by atoms with Crippen LogP contribution in [-0.4, -0.2) is 76.2 Å². The van der Waals surface area contributed by atoms with E-state index in [-0.39, 0.29) is 16.9 Å². The number of carbonyl (C=O) groups is 1. The minimum absolute atomic E-state index is 0.000490. The first kappa shape index (κ1) is 23.7. The maximum atomic E-state index is 13.4. The summed E-state index contributed by atoms with van der Waals surface area (Å²) in [5, 5.41) is 0. The molecule has 0 bridgehead atoms. The molecule has 0 N–H and O–H groups in total. The largest absolute Gasteiger partial charge is 0.497 e. The Kier molecular flexibility index (Phi) is 7.64. The highest BCUT2D eigenvalue weighted by Gasteiger charge is 2.27. The second-order valence-corrected chi connectivity index (χ2v) is 10.2. The Balaban J connectivity index is 1.53. The molecule has 2 aromatic carbocycles. The third-order valence-electron chi connectivity index (χ3n) is 5.95. The first-order valence-electron chi connectivity index (χ1n) is 11.2. The van der Waals surface area contributed by atoms with Crippen LogP contribution in [0.1, 0.15) is 28.8 Å². The van der Waals surface area contributed by atoms with E-state index in [9.17, 15) is 13.2 Å². The standard InChI is InChI=1S/C24H30N2O6S/c1-30-21-5-2-4-19(16-21)17-25(18-22-6-3-13-32-22)24(27)20-7-9-23(10-8-20)33(28,29)26-11-14-31-15-12-26/h2,4-5,7-10,16,22H,3,6,11-15,17-18H2,1H3. The van der Waals surface area contributed by atoms with Gasteiger partial charge in [0, 0.05) is 38.3 Å². The molecule has 2 aliphatic heterocycles. The van der Waals surface area contributed by atoms with Gasteiger partial charge in [0.15, 0.2) is 0 Å². The Morgan fingerprint density at radius 2 is 1.88 bits per heavy atom. The molecule has 2 aliphatic rings. The van der Waals surface area contributed by atoms with Crippen molar-refractivity contribution in [3.63, 3.8) is 0 Å². The molecular weight excluding hydrogens is 444 g/mol. The van der Waals surface area contributed by atoms with Crippen LogP contribution in [-0.2, 0) is 26.0 Å². The average molecular weight is 475 g/mol. The van der Waals surface area contributed by atoms with Gasteiger partial charge in [-0.3, -0.25) is 4.79 Å². The van der Waals surface area contributed by atoms with Gasteiger partial charge < -0.3 is 19.1 Å². The van der Waals surface area contributed by atoms with Crippen LogP contribution in [0.5, 0.6) is 5.75 Å². The molecule has 2 aromatic rings. The Hall–Kier alpha value is -2.46. The minimum atomic E-state index is -3.61. The fourth-order valence-electron chi connectivity index (χ4n) is 4.13. The third-order valence-corrected chi connectivity index (χ3v) is 7.86. The van der Waals surface area contributed by atoms with Crippen molar-refractivity contribution in [2.45, 2.75) is 30.4 Å². The van der Waals surface area contributed by atoms with Crippen molar-refractivity contribution >= 4 is 15.9 Å². The van der Waals surface area contributed by atoms with Crippen LogP contribution in [0.2, 0.25) is 0 Å². The predicted molar refractivity (Wildman–Crippen MR) is 123 cm³/mol. The van der Waals surface area contributed by atoms with Crippen molar-refractivity contribution in [2.75, 3.05) is 46.6 Å². The highest BCUT2D eigenvalue weighted by molar-refractivity contribution is 7.89. The molecule has 0 aliphatic carbocycles. The number of hydrogen-bond acceptors (Lipinski definition) is 6. The molecule has 0 spiro atoms. The number of nitrogens with zero attached hydrogens (tertiary/aromatic N) is 2. The molecule has 1 unspecified atom stereocenters. The van der Waals surface area contributed by atoms with Crippen LogP contribution < -0.4 is 4.74 Å². The molecule has 2 saturated heterocycles. The second kappa shape index (κ2) is 10.6. The van der Waals surface area contributed by atoms with Crippen molar-refractivity contribution in [1.82, 2.24) is 9.21 Å². The zero-order valence-electron chi connectivity index (χ0n) is 18.8. The zero-order valence-corrected chi connectivity index (χ0v) is 19.6. The monoisotopic (exact) mass is 474 g/mol. The molecule has 9 heteroatoms. The van der Waals surface area contributed by atoms with Gasteiger partial charge in [0.2, 0.25) is 10.0 Å². The third kappa shape index (κ3) is 5.73. The van der Waals surface area contributed by atoms with Crippen molar-refractivity contribution in [2.24, 2.45) is 0 Å². The van der Waals surface area contributed by atoms with Gasteiger partial charge in [0.25, 0.3) is 5.91 Å². The topological polar surface area (TPSA) is 85.4 Å². The first-order valence-corrected chi connectivity index (χ1v) is 12.6. The van der Waals surface area contributed by atoms with Gasteiger partial charge in [-0.05, 0) is 54.8 Å². The lowest BCUT2D eigenvalue weighted by molar-refractivity contribution is 0.0507. The molecule has 8 nitrogen and oxygen atoms in total. The fourth-order valence-corrected chi connectivity index (χ4v) is 5.54. The van der Waals surface area contributed by atoms with Gasteiger partial charge >= 0.3 is 0 Å². The second-order valence-electron chi connectivity index (χ2n) is 8.21. The molecular formula is C24H30N2O6S. The summed E-state index contributed by atoms with van der Waals surface area (Å²) in [6, 6.07) is 13.8. The van der Waals surface area contributed by atoms with E-state index in [0.29, 0.717) is 51.6 Å². The van der Waals surface area contributed by atoms with Crippen molar-refractivity contribution in [3.8, 4) is 5.75 Å². The molecule has 0 saturated carbocycles. The SMILES string of the molecule is COc1cccc(CN(CC2CCCO2)C(=O)c2ccc(S(=O)(=O)N3CCOCC3)cc2)c1. The smallest absolute Gasteiger partial charge is 0.254 e. The van der Waals surface area contributed by atoms with E-state index in [0.717, 1.165) is 24.2 Å². The molecule has 178 valence electrons. The van der Waals surface area contributed by atoms with Crippen LogP contribution in [0.3, 0.4) is 0 Å². The molecule has 1 amide bonds. The summed E-state index contributed by atoms with van der Waals surface area (Å²) in [5.41, 5.74) is 1.39. The summed E-state index contributed by atoms with van der Waals surface area (Å²) in [5.74, 6) is 0.568. The van der Waals surface area contributed by atoms with Gasteiger partial charge in [-0.15, -0.1) is 0 Å². The van der Waals surface area contributed by atoms with E-state index in [4.69, 9.17) is 14.2 Å². The van der Waals surface area contributed by atoms with Crippen LogP contribution in [0.4, 0.5) is 0 Å². The highest BCUT2D eigenvalue weighted by atomic mass is 32.2. The van der Waals surface area contributed by atoms with Gasteiger partial charge in [0.1, 0.15) is 5.75 Å². The number of benzene rings is 2. The molecule has 4 rings (SSSR count). The Morgan fingerprint density at radius 1 is 1.12 bits per heavy atom. The van der Waals surface area contributed by atoms with Gasteiger partial charge in [-0.25, -0.2) is 8.42 Å². The van der Waals surface area contributed by atoms with Crippen LogP contribution in [0.25, 0.3) is 0 Å². The molecule has 2 fully saturated rings. The summed E-state index contributed by atoms with van der Waals surface area (Å²) in [6.45, 7) is 3.03. The van der Waals surface area contributed by atoms with E-state index >= 15 is 0 Å². The van der Waals surface area contributed by atoms with Crippen LogP contribution in [0, 0.1) is 0 Å².